The largest absolute Gasteiger partial charge is 0.767 e. The van der Waals surface area contributed by atoms with Crippen LogP contribution in [0.2, 0.25) is 0 Å². The zero-order valence-corrected chi connectivity index (χ0v) is 10.6. The van der Waals surface area contributed by atoms with Crippen LogP contribution in [0.15, 0.2) is 0 Å². The summed E-state index contributed by atoms with van der Waals surface area (Å²) in [5.41, 5.74) is 0. The molecular formula is C7H17NO3P2. The normalized spacial score (nSPS) is 14.8. The van der Waals surface area contributed by atoms with E-state index in [9.17, 15) is 9.46 Å². The first-order chi connectivity index (χ1) is 5.62. The Hall–Kier alpha value is 0.0700. The molecule has 0 N–H and O–H groups in total. The van der Waals surface area contributed by atoms with Crippen LogP contribution in [0.1, 0.15) is 6.92 Å². The molecule has 0 radical (unpaired) electrons. The van der Waals surface area contributed by atoms with Gasteiger partial charge in [-0.1, -0.05) is 0 Å². The van der Waals surface area contributed by atoms with Gasteiger partial charge in [-0.15, -0.1) is 0 Å². The summed E-state index contributed by atoms with van der Waals surface area (Å²) in [4.78, 5) is 10.0. The molecule has 0 rings (SSSR count). The Bertz CT molecular complexity index is 211. The lowest BCUT2D eigenvalue weighted by Gasteiger charge is -2.11. The maximum absolute atomic E-state index is 10.0. The molecule has 0 saturated heterocycles. The average molecular weight is 225 g/mol. The number of rotatable bonds is 2. The van der Waals surface area contributed by atoms with E-state index in [4.69, 9.17) is 5.26 Å². The molecule has 1 atom stereocenters. The van der Waals surface area contributed by atoms with Gasteiger partial charge in [0.2, 0.25) is 7.60 Å². The quantitative estimate of drug-likeness (QED) is 0.668. The van der Waals surface area contributed by atoms with Crippen molar-refractivity contribution in [2.24, 2.45) is 0 Å². The predicted molar refractivity (Wildman–Crippen MR) is 55.5 cm³/mol. The minimum atomic E-state index is -4.12. The van der Waals surface area contributed by atoms with Gasteiger partial charge in [0.1, 0.15) is 5.81 Å². The molecule has 4 nitrogen and oxygen atoms in total. The smallest absolute Gasteiger partial charge is 0.235 e. The molecule has 0 bridgehead atoms. The lowest BCUT2D eigenvalue weighted by molar-refractivity contribution is -0.193. The fourth-order valence-corrected chi connectivity index (χ4v) is 0.596. The molecule has 6 heteroatoms. The Morgan fingerprint density at radius 3 is 1.85 bits per heavy atom. The van der Waals surface area contributed by atoms with Crippen LogP contribution in [0.4, 0.5) is 0 Å². The lowest BCUT2D eigenvalue weighted by Crippen LogP contribution is -2.01. The maximum atomic E-state index is 10.0. The molecule has 0 aromatic rings. The van der Waals surface area contributed by atoms with E-state index in [0.29, 0.717) is 0 Å². The first-order valence-electron chi connectivity index (χ1n) is 3.78. The molecule has 0 aliphatic carbocycles. The summed E-state index contributed by atoms with van der Waals surface area (Å²) in [6.07, 6.45) is 0. The van der Waals surface area contributed by atoms with Crippen LogP contribution in [0.3, 0.4) is 0 Å². The van der Waals surface area contributed by atoms with Crippen molar-refractivity contribution in [3.8, 4) is 5.81 Å². The third kappa shape index (κ3) is 24.5. The molecule has 0 heterocycles. The van der Waals surface area contributed by atoms with Crippen molar-refractivity contribution in [2.45, 2.75) is 6.92 Å². The molecule has 0 aromatic heterocycles. The number of hydrogen-bond acceptors (Lipinski definition) is 4. The highest BCUT2D eigenvalue weighted by Gasteiger charge is 2.03. The maximum Gasteiger partial charge on any atom is 0.235 e. The van der Waals surface area contributed by atoms with E-state index in [0.717, 1.165) is 5.81 Å². The van der Waals surface area contributed by atoms with Gasteiger partial charge in [-0.3, -0.25) is 4.57 Å². The summed E-state index contributed by atoms with van der Waals surface area (Å²) in [5.74, 6) is 1.02. The van der Waals surface area contributed by atoms with Crippen LogP contribution < -0.4 is 4.89 Å². The molecule has 0 fully saturated rings. The van der Waals surface area contributed by atoms with Crippen LogP contribution in [-0.2, 0) is 9.09 Å². The van der Waals surface area contributed by atoms with E-state index >= 15 is 0 Å². The van der Waals surface area contributed by atoms with E-state index < -0.39 is 7.60 Å². The first kappa shape index (κ1) is 15.5. The Morgan fingerprint density at radius 1 is 1.46 bits per heavy atom. The molecule has 0 aromatic carbocycles. The van der Waals surface area contributed by atoms with Gasteiger partial charge in [-0.2, -0.15) is 5.26 Å². The molecule has 1 unspecified atom stereocenters. The molecule has 13 heavy (non-hydrogen) atoms. The van der Waals surface area contributed by atoms with Crippen molar-refractivity contribution in [3.63, 3.8) is 0 Å². The zero-order chi connectivity index (χ0) is 11.1. The second-order valence-electron chi connectivity index (χ2n) is 3.70. The van der Waals surface area contributed by atoms with Gasteiger partial charge in [0.05, 0.1) is 6.61 Å². The average Bonchev–Trinajstić information content (AvgIpc) is 1.84. The summed E-state index contributed by atoms with van der Waals surface area (Å²) in [5, 5.41) is 7.77. The second-order valence-corrected chi connectivity index (χ2v) is 10.5. The third-order valence-electron chi connectivity index (χ3n) is 0.422. The van der Waals surface area contributed by atoms with Gasteiger partial charge in [0, 0.05) is 33.9 Å². The van der Waals surface area contributed by atoms with E-state index in [-0.39, 0.29) is 13.9 Å². The van der Waals surface area contributed by atoms with Gasteiger partial charge in [-0.25, -0.2) is 0 Å². The highest BCUT2D eigenvalue weighted by molar-refractivity contribution is 7.73. The van der Waals surface area contributed by atoms with Gasteiger partial charge in [-0.05, 0) is 6.92 Å². The minimum Gasteiger partial charge on any atom is -0.767 e. The number of nitriles is 1. The molecule has 0 aliphatic rings. The summed E-state index contributed by atoms with van der Waals surface area (Å²) in [6.45, 7) is 10.7. The van der Waals surface area contributed by atoms with Gasteiger partial charge in [0.15, 0.2) is 0 Å². The van der Waals surface area contributed by atoms with Crippen molar-refractivity contribution in [1.29, 1.82) is 5.26 Å². The highest BCUT2D eigenvalue weighted by atomic mass is 31.2. The summed E-state index contributed by atoms with van der Waals surface area (Å²) in [7, 11) is -4.51. The summed E-state index contributed by atoms with van der Waals surface area (Å²) >= 11 is 0. The Balaban J connectivity index is 0. The van der Waals surface area contributed by atoms with Crippen LogP contribution >= 0.6 is 14.9 Å². The van der Waals surface area contributed by atoms with Gasteiger partial charge in [0.25, 0.3) is 0 Å². The van der Waals surface area contributed by atoms with Crippen LogP contribution in [-0.4, -0.2) is 33.3 Å². The number of hydrogen-bond donors (Lipinski definition) is 0. The Kier molecular flexibility index (Phi) is 7.78. The molecule has 78 valence electrons. The van der Waals surface area contributed by atoms with Crippen LogP contribution in [0, 0.1) is 11.1 Å². The molecule has 0 saturated carbocycles. The molecule has 0 amide bonds. The Labute approximate surface area is 80.8 Å². The SMILES string of the molecule is CCOP(=O)([O-])C#N.C[P+](C)(C)C. The second kappa shape index (κ2) is 6.51. The van der Waals surface area contributed by atoms with Crippen molar-refractivity contribution < 1.29 is 14.0 Å². The standard InChI is InChI=1S/C4H12P.C3H6NO3P/c1-5(2,3)4;1-2-7-8(5,6)3-4/h1-4H3;2H2,1H3,(H,5,6)/q+1;/p-1. The topological polar surface area (TPSA) is 73.2 Å². The third-order valence-corrected chi connectivity index (χ3v) is 1.26. The highest BCUT2D eigenvalue weighted by Crippen LogP contribution is 2.40. The summed E-state index contributed by atoms with van der Waals surface area (Å²) in [6, 6.07) is 0. The van der Waals surface area contributed by atoms with Gasteiger partial charge < -0.3 is 9.42 Å². The van der Waals surface area contributed by atoms with E-state index in [2.05, 4.69) is 31.2 Å². The van der Waals surface area contributed by atoms with Crippen molar-refractivity contribution in [2.75, 3.05) is 33.3 Å². The van der Waals surface area contributed by atoms with E-state index in [1.807, 2.05) is 0 Å². The number of nitrogens with zero attached hydrogens (tertiary/aromatic N) is 1. The van der Waals surface area contributed by atoms with Crippen molar-refractivity contribution >= 4 is 14.9 Å². The fourth-order valence-electron chi connectivity index (χ4n) is 0.199. The minimum absolute atomic E-state index is 0.0222. The molecule has 0 aliphatic heterocycles. The lowest BCUT2D eigenvalue weighted by atomic mass is 10.9. The summed E-state index contributed by atoms with van der Waals surface area (Å²) < 4.78 is 14.1. The van der Waals surface area contributed by atoms with Crippen LogP contribution in [0.5, 0.6) is 0 Å². The van der Waals surface area contributed by atoms with Crippen molar-refractivity contribution in [1.82, 2.24) is 0 Å². The zero-order valence-electron chi connectivity index (χ0n) is 8.77. The van der Waals surface area contributed by atoms with E-state index in [1.54, 1.807) is 0 Å². The molecular weight excluding hydrogens is 208 g/mol. The van der Waals surface area contributed by atoms with E-state index in [1.165, 1.54) is 6.92 Å². The van der Waals surface area contributed by atoms with Gasteiger partial charge >= 0.3 is 0 Å². The molecule has 0 spiro atoms. The van der Waals surface area contributed by atoms with Crippen molar-refractivity contribution in [3.05, 3.63) is 0 Å². The monoisotopic (exact) mass is 225 g/mol. The first-order valence-corrected chi connectivity index (χ1v) is 8.90. The Morgan fingerprint density at radius 2 is 1.77 bits per heavy atom. The predicted octanol–water partition coefficient (Wildman–Crippen LogP) is 1.58. The fraction of sp³-hybridized carbons (Fsp3) is 0.857. The van der Waals surface area contributed by atoms with Crippen LogP contribution in [0.25, 0.3) is 0 Å².